The molecule has 0 aromatic heterocycles. The number of rotatable bonds is 7. The maximum Gasteiger partial charge on any atom is 0.282 e. The number of hydrogen-bond acceptors (Lipinski definition) is 6. The maximum absolute atomic E-state index is 14.5. The van der Waals surface area contributed by atoms with Crippen molar-refractivity contribution in [2.24, 2.45) is 0 Å². The van der Waals surface area contributed by atoms with E-state index < -0.39 is 34.1 Å². The number of imide groups is 1. The molecule has 0 atom stereocenters. The van der Waals surface area contributed by atoms with Gasteiger partial charge in [0.2, 0.25) is 0 Å². The zero-order valence-corrected chi connectivity index (χ0v) is 17.7. The Labute approximate surface area is 192 Å². The van der Waals surface area contributed by atoms with Crippen molar-refractivity contribution < 1.29 is 28.0 Å². The highest BCUT2D eigenvalue weighted by Crippen LogP contribution is 2.36. The number of anilines is 2. The van der Waals surface area contributed by atoms with E-state index in [2.05, 4.69) is 5.32 Å². The summed E-state index contributed by atoms with van der Waals surface area (Å²) in [7, 11) is 0. The lowest BCUT2D eigenvalue weighted by molar-refractivity contribution is -0.384. The summed E-state index contributed by atoms with van der Waals surface area (Å²) in [5.41, 5.74) is -0.292. The molecule has 34 heavy (non-hydrogen) atoms. The molecule has 0 unspecified atom stereocenters. The van der Waals surface area contributed by atoms with Crippen LogP contribution in [0.2, 0.25) is 0 Å². The first-order valence-electron chi connectivity index (χ1n) is 10.1. The average Bonchev–Trinajstić information content (AvgIpc) is 3.04. The first-order chi connectivity index (χ1) is 16.3. The molecule has 2 amide bonds. The zero-order valence-electron chi connectivity index (χ0n) is 17.7. The summed E-state index contributed by atoms with van der Waals surface area (Å²) in [4.78, 5) is 37.7. The normalized spacial score (nSPS) is 13.4. The van der Waals surface area contributed by atoms with Gasteiger partial charge in [-0.3, -0.25) is 19.7 Å². The second kappa shape index (κ2) is 9.10. The topological polar surface area (TPSA) is 102 Å². The van der Waals surface area contributed by atoms with E-state index in [1.807, 2.05) is 6.92 Å². The first kappa shape index (κ1) is 22.6. The summed E-state index contributed by atoms with van der Waals surface area (Å²) in [5, 5.41) is 13.9. The number of carbonyl (C=O) groups excluding carboxylic acids is 2. The Kier molecular flexibility index (Phi) is 6.05. The third kappa shape index (κ3) is 4.20. The van der Waals surface area contributed by atoms with E-state index in [4.69, 9.17) is 4.74 Å². The average molecular weight is 465 g/mol. The quantitative estimate of drug-likeness (QED) is 0.309. The Morgan fingerprint density at radius 2 is 1.74 bits per heavy atom. The number of amides is 2. The lowest BCUT2D eigenvalue weighted by Gasteiger charge is -2.16. The van der Waals surface area contributed by atoms with Gasteiger partial charge in [-0.05, 0) is 48.9 Å². The van der Waals surface area contributed by atoms with Crippen LogP contribution in [0.5, 0.6) is 5.75 Å². The van der Waals surface area contributed by atoms with Crippen LogP contribution in [0, 0.1) is 21.7 Å². The lowest BCUT2D eigenvalue weighted by atomic mass is 10.0. The number of nitrogens with zero attached hydrogens (tertiary/aromatic N) is 2. The van der Waals surface area contributed by atoms with Gasteiger partial charge in [0.25, 0.3) is 17.5 Å². The molecule has 1 N–H and O–H groups in total. The summed E-state index contributed by atoms with van der Waals surface area (Å²) >= 11 is 0. The van der Waals surface area contributed by atoms with Gasteiger partial charge in [-0.25, -0.2) is 13.7 Å². The largest absolute Gasteiger partial charge is 0.494 e. The number of halogens is 2. The highest BCUT2D eigenvalue weighted by Gasteiger charge is 2.41. The summed E-state index contributed by atoms with van der Waals surface area (Å²) in [6, 6.07) is 14.2. The summed E-state index contributed by atoms with van der Waals surface area (Å²) < 4.78 is 33.4. The molecule has 172 valence electrons. The molecule has 0 aliphatic carbocycles. The Balaban J connectivity index is 1.82. The van der Waals surface area contributed by atoms with Crippen molar-refractivity contribution in [2.75, 3.05) is 16.8 Å². The van der Waals surface area contributed by atoms with Gasteiger partial charge in [0, 0.05) is 30.0 Å². The number of benzene rings is 3. The van der Waals surface area contributed by atoms with Gasteiger partial charge in [0.15, 0.2) is 0 Å². The maximum atomic E-state index is 14.5. The first-order valence-corrected chi connectivity index (χ1v) is 10.1. The lowest BCUT2D eigenvalue weighted by Crippen LogP contribution is -2.33. The molecule has 3 aromatic rings. The Morgan fingerprint density at radius 1 is 1.00 bits per heavy atom. The number of nitrogens with one attached hydrogen (secondary N) is 1. The third-order valence-electron chi connectivity index (χ3n) is 5.02. The van der Waals surface area contributed by atoms with Crippen LogP contribution in [-0.4, -0.2) is 23.3 Å². The van der Waals surface area contributed by atoms with Gasteiger partial charge >= 0.3 is 0 Å². The van der Waals surface area contributed by atoms with Crippen LogP contribution >= 0.6 is 0 Å². The molecule has 0 saturated heterocycles. The Hall–Kier alpha value is -4.60. The predicted octanol–water partition coefficient (Wildman–Crippen LogP) is 4.67. The van der Waals surface area contributed by atoms with E-state index in [0.29, 0.717) is 29.0 Å². The standard InChI is InChI=1S/C24H17F2N3O5/c1-2-34-18-5-3-4-16(13-18)27-22-21(14-6-9-17(10-7-14)29(32)33)23(30)28(24(22)31)20-11-8-15(25)12-19(20)26/h3-13,27H,2H2,1H3. The fourth-order valence-corrected chi connectivity index (χ4v) is 3.52. The minimum Gasteiger partial charge on any atom is -0.494 e. The zero-order chi connectivity index (χ0) is 24.4. The van der Waals surface area contributed by atoms with Gasteiger partial charge in [0.05, 0.1) is 22.8 Å². The van der Waals surface area contributed by atoms with E-state index in [1.54, 1.807) is 24.3 Å². The van der Waals surface area contributed by atoms with E-state index >= 15 is 0 Å². The van der Waals surface area contributed by atoms with E-state index in [-0.39, 0.29) is 22.5 Å². The van der Waals surface area contributed by atoms with Gasteiger partial charge in [-0.2, -0.15) is 0 Å². The highest BCUT2D eigenvalue weighted by atomic mass is 19.1. The second-order valence-electron chi connectivity index (χ2n) is 7.18. The van der Waals surface area contributed by atoms with Crippen LogP contribution in [0.3, 0.4) is 0 Å². The molecular weight excluding hydrogens is 448 g/mol. The smallest absolute Gasteiger partial charge is 0.282 e. The van der Waals surface area contributed by atoms with Crippen LogP contribution in [0.1, 0.15) is 12.5 Å². The third-order valence-corrected chi connectivity index (χ3v) is 5.02. The van der Waals surface area contributed by atoms with E-state index in [9.17, 15) is 28.5 Å². The van der Waals surface area contributed by atoms with Gasteiger partial charge < -0.3 is 10.1 Å². The van der Waals surface area contributed by atoms with Crippen LogP contribution in [0.25, 0.3) is 5.57 Å². The molecule has 10 heteroatoms. The fraction of sp³-hybridized carbons (Fsp3) is 0.0833. The molecular formula is C24H17F2N3O5. The Bertz CT molecular complexity index is 1340. The minimum atomic E-state index is -1.09. The molecule has 0 fully saturated rings. The molecule has 0 radical (unpaired) electrons. The fourth-order valence-electron chi connectivity index (χ4n) is 3.52. The molecule has 1 heterocycles. The van der Waals surface area contributed by atoms with Crippen molar-refractivity contribution in [3.63, 3.8) is 0 Å². The Morgan fingerprint density at radius 3 is 2.38 bits per heavy atom. The van der Waals surface area contributed by atoms with E-state index in [1.165, 1.54) is 24.3 Å². The number of non-ortho nitro benzene ring substituents is 1. The van der Waals surface area contributed by atoms with Crippen molar-refractivity contribution in [3.8, 4) is 5.75 Å². The number of carbonyl (C=O) groups is 2. The summed E-state index contributed by atoms with van der Waals surface area (Å²) in [5.74, 6) is -3.18. The van der Waals surface area contributed by atoms with Crippen LogP contribution in [0.4, 0.5) is 25.8 Å². The van der Waals surface area contributed by atoms with Crippen molar-refractivity contribution in [3.05, 3.63) is 99.7 Å². The molecule has 3 aromatic carbocycles. The second-order valence-corrected chi connectivity index (χ2v) is 7.18. The number of ether oxygens (including phenoxy) is 1. The molecule has 0 bridgehead atoms. The van der Waals surface area contributed by atoms with Crippen molar-refractivity contribution in [2.45, 2.75) is 6.92 Å². The predicted molar refractivity (Wildman–Crippen MR) is 120 cm³/mol. The highest BCUT2D eigenvalue weighted by molar-refractivity contribution is 6.46. The van der Waals surface area contributed by atoms with Gasteiger partial charge in [-0.15, -0.1) is 0 Å². The number of nitro benzene ring substituents is 1. The van der Waals surface area contributed by atoms with Crippen molar-refractivity contribution in [1.29, 1.82) is 0 Å². The molecule has 0 saturated carbocycles. The molecule has 1 aliphatic heterocycles. The molecule has 8 nitrogen and oxygen atoms in total. The van der Waals surface area contributed by atoms with Crippen LogP contribution in [0.15, 0.2) is 72.4 Å². The van der Waals surface area contributed by atoms with Gasteiger partial charge in [0.1, 0.15) is 23.1 Å². The van der Waals surface area contributed by atoms with Crippen LogP contribution in [-0.2, 0) is 9.59 Å². The number of nitro groups is 1. The molecule has 4 rings (SSSR count). The van der Waals surface area contributed by atoms with Crippen molar-refractivity contribution >= 4 is 34.4 Å². The summed E-state index contributed by atoms with van der Waals surface area (Å²) in [6.45, 7) is 2.22. The minimum absolute atomic E-state index is 0.120. The van der Waals surface area contributed by atoms with Crippen molar-refractivity contribution in [1.82, 2.24) is 0 Å². The SMILES string of the molecule is CCOc1cccc(NC2=C(c3ccc([N+](=O)[O-])cc3)C(=O)N(c3ccc(F)cc3F)C2=O)c1. The summed E-state index contributed by atoms with van der Waals surface area (Å²) in [6.07, 6.45) is 0. The van der Waals surface area contributed by atoms with Crippen LogP contribution < -0.4 is 15.0 Å². The molecule has 0 spiro atoms. The monoisotopic (exact) mass is 465 g/mol. The molecule has 1 aliphatic rings. The number of hydrogen-bond donors (Lipinski definition) is 1. The van der Waals surface area contributed by atoms with E-state index in [0.717, 1.165) is 12.1 Å². The van der Waals surface area contributed by atoms with Gasteiger partial charge in [-0.1, -0.05) is 6.07 Å².